The summed E-state index contributed by atoms with van der Waals surface area (Å²) in [6.07, 6.45) is 1.03. The topological polar surface area (TPSA) is 140 Å². The van der Waals surface area contributed by atoms with Crippen LogP contribution in [-0.4, -0.2) is 67.8 Å². The fourth-order valence-corrected chi connectivity index (χ4v) is 5.93. The lowest BCUT2D eigenvalue weighted by atomic mass is 10.1. The highest BCUT2D eigenvalue weighted by Crippen LogP contribution is 2.33. The molecule has 1 aromatic carbocycles. The van der Waals surface area contributed by atoms with Crippen molar-refractivity contribution in [1.82, 2.24) is 19.6 Å². The number of hydrogen-bond acceptors (Lipinski definition) is 9. The van der Waals surface area contributed by atoms with Crippen LogP contribution in [0.25, 0.3) is 11.0 Å². The zero-order chi connectivity index (χ0) is 25.3. The molecule has 2 aromatic heterocycles. The second kappa shape index (κ2) is 9.91. The van der Waals surface area contributed by atoms with E-state index in [0.29, 0.717) is 47.9 Å². The average Bonchev–Trinajstić information content (AvgIpc) is 3.25. The first-order valence-electron chi connectivity index (χ1n) is 11.2. The number of amides is 2. The molecular weight excluding hydrogens is 506 g/mol. The maximum Gasteiger partial charge on any atom is 0.410 e. The number of rotatable bonds is 8. The summed E-state index contributed by atoms with van der Waals surface area (Å²) in [4.78, 5) is 35.3. The number of carbonyl (C=O) groups is 2. The quantitative estimate of drug-likeness (QED) is 0.421. The lowest BCUT2D eigenvalue weighted by Crippen LogP contribution is -2.30. The lowest BCUT2D eigenvalue weighted by molar-refractivity contribution is -0.113. The Morgan fingerprint density at radius 2 is 2.11 bits per heavy atom. The number of thioether (sulfide) groups is 1. The molecule has 5 rings (SSSR count). The first-order valence-corrected chi connectivity index (χ1v) is 13.6. The van der Waals surface area contributed by atoms with Crippen LogP contribution in [-0.2, 0) is 19.6 Å². The number of aromatic nitrogens is 2. The molecule has 11 nitrogen and oxygen atoms in total. The fraction of sp³-hybridized carbons (Fsp3) is 0.304. The Hall–Kier alpha value is -3.42. The third kappa shape index (κ3) is 4.94. The third-order valence-electron chi connectivity index (χ3n) is 5.82. The van der Waals surface area contributed by atoms with Crippen molar-refractivity contribution in [3.8, 4) is 5.88 Å². The summed E-state index contributed by atoms with van der Waals surface area (Å²) in [6, 6.07) is 9.92. The van der Waals surface area contributed by atoms with Gasteiger partial charge in [-0.3, -0.25) is 9.78 Å². The van der Waals surface area contributed by atoms with Gasteiger partial charge in [0.05, 0.1) is 41.0 Å². The second-order valence-corrected chi connectivity index (χ2v) is 11.0. The molecule has 36 heavy (non-hydrogen) atoms. The van der Waals surface area contributed by atoms with Crippen LogP contribution in [0.4, 0.5) is 10.5 Å². The highest BCUT2D eigenvalue weighted by Gasteiger charge is 2.33. The number of nitrogens with zero attached hydrogens (tertiary/aromatic N) is 3. The van der Waals surface area contributed by atoms with E-state index in [1.165, 1.54) is 35.9 Å². The van der Waals surface area contributed by atoms with Gasteiger partial charge in [0, 0.05) is 35.8 Å². The van der Waals surface area contributed by atoms with Gasteiger partial charge in [-0.1, -0.05) is 0 Å². The number of fused-ring (bicyclic) bond motifs is 2. The molecule has 2 amide bonds. The van der Waals surface area contributed by atoms with E-state index in [2.05, 4.69) is 20.0 Å². The Balaban J connectivity index is 1.19. The minimum Gasteiger partial charge on any atom is -0.481 e. The summed E-state index contributed by atoms with van der Waals surface area (Å²) in [5.41, 5.74) is 2.48. The molecule has 0 spiro atoms. The molecule has 1 atom stereocenters. The summed E-state index contributed by atoms with van der Waals surface area (Å²) >= 11 is 1.36. The van der Waals surface area contributed by atoms with Gasteiger partial charge in [0.25, 0.3) is 0 Å². The molecule has 1 saturated heterocycles. The van der Waals surface area contributed by atoms with Crippen LogP contribution < -0.4 is 14.8 Å². The van der Waals surface area contributed by atoms with Crippen molar-refractivity contribution in [1.29, 1.82) is 0 Å². The van der Waals surface area contributed by atoms with Gasteiger partial charge in [-0.15, -0.1) is 11.8 Å². The highest BCUT2D eigenvalue weighted by atomic mass is 32.2. The lowest BCUT2D eigenvalue weighted by Gasteiger charge is -2.17. The van der Waals surface area contributed by atoms with Crippen LogP contribution in [0, 0.1) is 0 Å². The van der Waals surface area contributed by atoms with Gasteiger partial charge in [-0.05, 0) is 36.8 Å². The number of nitrogens with one attached hydrogen (secondary N) is 2. The molecule has 4 heterocycles. The minimum absolute atomic E-state index is 0.0668. The standard InChI is InChI=1S/C23H23N5O6S2/c1-33-21-6-4-16-22(27-21)15(7-9-24-16)18-12-28(23(30)34-18)10-2-8-25-36(31,32)14-3-5-19-17(11-14)26-20(29)13-35-19/h3-7,9,11,18,25H,2,8,10,12-13H2,1H3,(H,26,29)/t18-/m0/s1. The molecule has 0 bridgehead atoms. The Morgan fingerprint density at radius 3 is 2.94 bits per heavy atom. The van der Waals surface area contributed by atoms with Crippen molar-refractivity contribution in [2.24, 2.45) is 0 Å². The average molecular weight is 530 g/mol. The van der Waals surface area contributed by atoms with Gasteiger partial charge in [-0.25, -0.2) is 22.9 Å². The zero-order valence-electron chi connectivity index (χ0n) is 19.3. The Kier molecular flexibility index (Phi) is 6.69. The van der Waals surface area contributed by atoms with E-state index in [1.807, 2.05) is 0 Å². The van der Waals surface area contributed by atoms with E-state index >= 15 is 0 Å². The Bertz CT molecular complexity index is 1450. The second-order valence-electron chi connectivity index (χ2n) is 8.19. The third-order valence-corrected chi connectivity index (χ3v) is 8.36. The number of pyridine rings is 2. The van der Waals surface area contributed by atoms with Gasteiger partial charge in [0.15, 0.2) is 0 Å². The van der Waals surface area contributed by atoms with Crippen molar-refractivity contribution in [3.63, 3.8) is 0 Å². The van der Waals surface area contributed by atoms with Crippen LogP contribution in [0.5, 0.6) is 5.88 Å². The van der Waals surface area contributed by atoms with Gasteiger partial charge in [0.1, 0.15) is 6.10 Å². The van der Waals surface area contributed by atoms with E-state index in [1.54, 1.807) is 30.5 Å². The highest BCUT2D eigenvalue weighted by molar-refractivity contribution is 8.00. The Labute approximate surface area is 211 Å². The van der Waals surface area contributed by atoms with E-state index < -0.39 is 22.2 Å². The van der Waals surface area contributed by atoms with Gasteiger partial charge in [0.2, 0.25) is 21.8 Å². The molecule has 0 saturated carbocycles. The van der Waals surface area contributed by atoms with Crippen LogP contribution in [0.3, 0.4) is 0 Å². The first-order chi connectivity index (χ1) is 17.3. The van der Waals surface area contributed by atoms with Crippen LogP contribution in [0.2, 0.25) is 0 Å². The van der Waals surface area contributed by atoms with E-state index in [4.69, 9.17) is 9.47 Å². The van der Waals surface area contributed by atoms with Gasteiger partial charge >= 0.3 is 6.09 Å². The predicted octanol–water partition coefficient (Wildman–Crippen LogP) is 2.54. The SMILES string of the molecule is COc1ccc2nccc([C@@H]3CN(CCCNS(=O)(=O)c4ccc5c(c4)NC(=O)CS5)C(=O)O3)c2n1. The molecule has 0 aliphatic carbocycles. The molecule has 3 aromatic rings. The van der Waals surface area contributed by atoms with Crippen LogP contribution in [0.15, 0.2) is 52.4 Å². The number of benzene rings is 1. The Morgan fingerprint density at radius 1 is 1.25 bits per heavy atom. The molecule has 0 radical (unpaired) electrons. The smallest absolute Gasteiger partial charge is 0.410 e. The molecule has 0 unspecified atom stereocenters. The van der Waals surface area contributed by atoms with Crippen molar-refractivity contribution in [3.05, 3.63) is 48.2 Å². The molecule has 2 aliphatic heterocycles. The van der Waals surface area contributed by atoms with Crippen LogP contribution in [0.1, 0.15) is 18.1 Å². The van der Waals surface area contributed by atoms with E-state index in [0.717, 1.165) is 10.5 Å². The number of anilines is 1. The fourth-order valence-electron chi connectivity index (χ4n) is 4.04. The number of methoxy groups -OCH3 is 1. The van der Waals surface area contributed by atoms with Crippen molar-refractivity contribution in [2.45, 2.75) is 22.3 Å². The summed E-state index contributed by atoms with van der Waals surface area (Å²) < 4.78 is 38.8. The summed E-state index contributed by atoms with van der Waals surface area (Å²) in [7, 11) is -2.25. The summed E-state index contributed by atoms with van der Waals surface area (Å²) in [6.45, 7) is 0.756. The summed E-state index contributed by atoms with van der Waals surface area (Å²) in [5.74, 6) is 0.574. The predicted molar refractivity (Wildman–Crippen MR) is 132 cm³/mol. The molecule has 13 heteroatoms. The monoisotopic (exact) mass is 529 g/mol. The number of sulfonamides is 1. The molecule has 2 aliphatic rings. The first kappa shape index (κ1) is 24.3. The van der Waals surface area contributed by atoms with Gasteiger partial charge < -0.3 is 19.7 Å². The maximum absolute atomic E-state index is 12.7. The van der Waals surface area contributed by atoms with Crippen LogP contribution >= 0.6 is 11.8 Å². The van der Waals surface area contributed by atoms with E-state index in [-0.39, 0.29) is 17.3 Å². The van der Waals surface area contributed by atoms with Crippen molar-refractivity contribution < 1.29 is 27.5 Å². The number of ether oxygens (including phenoxy) is 2. The number of carbonyl (C=O) groups excluding carboxylic acids is 2. The molecule has 2 N–H and O–H groups in total. The largest absolute Gasteiger partial charge is 0.481 e. The number of hydrogen-bond donors (Lipinski definition) is 2. The van der Waals surface area contributed by atoms with Crippen molar-refractivity contribution >= 4 is 50.5 Å². The molecule has 1 fully saturated rings. The minimum atomic E-state index is -3.78. The summed E-state index contributed by atoms with van der Waals surface area (Å²) in [5, 5.41) is 2.69. The maximum atomic E-state index is 12.7. The van der Waals surface area contributed by atoms with E-state index in [9.17, 15) is 18.0 Å². The normalized spacial score (nSPS) is 17.6. The molecular formula is C23H23N5O6S2. The number of cyclic esters (lactones) is 1. The molecule has 188 valence electrons. The van der Waals surface area contributed by atoms with Gasteiger partial charge in [-0.2, -0.15) is 0 Å². The zero-order valence-corrected chi connectivity index (χ0v) is 20.9. The van der Waals surface area contributed by atoms with Crippen molar-refractivity contribution in [2.75, 3.05) is 37.8 Å².